The summed E-state index contributed by atoms with van der Waals surface area (Å²) < 4.78 is 14.8. The molecule has 1 atom stereocenters. The molecule has 0 saturated carbocycles. The van der Waals surface area contributed by atoms with E-state index in [0.717, 1.165) is 10.0 Å². The van der Waals surface area contributed by atoms with Crippen LogP contribution in [-0.4, -0.2) is 4.98 Å². The minimum Gasteiger partial charge on any atom is -0.271 e. The Kier molecular flexibility index (Phi) is 4.87. The Morgan fingerprint density at radius 3 is 2.89 bits per heavy atom. The molecule has 1 heterocycles. The lowest BCUT2D eigenvalue weighted by Gasteiger charge is -2.17. The van der Waals surface area contributed by atoms with Crippen molar-refractivity contribution in [3.8, 4) is 0 Å². The molecule has 0 spiro atoms. The number of rotatable bonds is 4. The van der Waals surface area contributed by atoms with Gasteiger partial charge in [-0.15, -0.1) is 0 Å². The van der Waals surface area contributed by atoms with E-state index >= 15 is 0 Å². The van der Waals surface area contributed by atoms with E-state index in [9.17, 15) is 4.39 Å². The molecule has 1 aromatic carbocycles. The number of nitrogens with one attached hydrogen (secondary N) is 1. The Bertz CT molecular complexity index is 580. The normalized spacial score (nSPS) is 12.4. The van der Waals surface area contributed by atoms with Crippen molar-refractivity contribution in [2.24, 2.45) is 5.84 Å². The van der Waals surface area contributed by atoms with Gasteiger partial charge in [0.25, 0.3) is 0 Å². The Morgan fingerprint density at radius 2 is 2.21 bits per heavy atom. The van der Waals surface area contributed by atoms with Crippen molar-refractivity contribution >= 4 is 27.5 Å². The molecular weight excluding hydrogens is 333 g/mol. The molecule has 100 valence electrons. The predicted molar refractivity (Wildman–Crippen MR) is 77.1 cm³/mol. The number of benzene rings is 1. The average molecular weight is 345 g/mol. The summed E-state index contributed by atoms with van der Waals surface area (Å²) in [6.07, 6.45) is 3.92. The van der Waals surface area contributed by atoms with Crippen LogP contribution in [0.25, 0.3) is 0 Å². The van der Waals surface area contributed by atoms with Crippen LogP contribution < -0.4 is 11.3 Å². The maximum Gasteiger partial charge on any atom is 0.146 e. The zero-order chi connectivity index (χ0) is 13.8. The Labute approximate surface area is 124 Å². The lowest BCUT2D eigenvalue weighted by Crippen LogP contribution is -2.30. The third-order valence-corrected chi connectivity index (χ3v) is 3.48. The third-order valence-electron chi connectivity index (χ3n) is 2.76. The van der Waals surface area contributed by atoms with Gasteiger partial charge in [0.1, 0.15) is 5.82 Å². The van der Waals surface area contributed by atoms with E-state index in [0.29, 0.717) is 12.0 Å². The Morgan fingerprint density at radius 1 is 1.42 bits per heavy atom. The van der Waals surface area contributed by atoms with Crippen LogP contribution in [0, 0.1) is 5.82 Å². The number of nitrogens with two attached hydrogens (primary N) is 1. The minimum absolute atomic E-state index is 0.0881. The number of aromatic nitrogens is 1. The number of hydrazine groups is 1. The van der Waals surface area contributed by atoms with E-state index in [1.54, 1.807) is 24.5 Å². The molecule has 6 heteroatoms. The maximum atomic E-state index is 14.0. The van der Waals surface area contributed by atoms with E-state index in [-0.39, 0.29) is 11.1 Å². The van der Waals surface area contributed by atoms with Crippen LogP contribution in [0.15, 0.2) is 41.1 Å². The van der Waals surface area contributed by atoms with Crippen molar-refractivity contribution in [2.45, 2.75) is 12.5 Å². The van der Waals surface area contributed by atoms with E-state index in [1.807, 2.05) is 6.07 Å². The smallest absolute Gasteiger partial charge is 0.146 e. The van der Waals surface area contributed by atoms with Crippen LogP contribution in [0.1, 0.15) is 17.2 Å². The van der Waals surface area contributed by atoms with Crippen molar-refractivity contribution in [2.75, 3.05) is 0 Å². The van der Waals surface area contributed by atoms with Gasteiger partial charge < -0.3 is 0 Å². The van der Waals surface area contributed by atoms with Gasteiger partial charge in [0.05, 0.1) is 11.1 Å². The third kappa shape index (κ3) is 3.51. The van der Waals surface area contributed by atoms with E-state index < -0.39 is 5.82 Å². The van der Waals surface area contributed by atoms with Gasteiger partial charge in [-0.05, 0) is 40.0 Å². The zero-order valence-electron chi connectivity index (χ0n) is 9.91. The van der Waals surface area contributed by atoms with Gasteiger partial charge in [-0.3, -0.25) is 16.3 Å². The van der Waals surface area contributed by atoms with Crippen LogP contribution in [-0.2, 0) is 6.42 Å². The standard InChI is InChI=1S/C13H12BrClFN3/c14-9-4-8(6-18-7-9)5-12(19-17)10-2-1-3-11(15)13(10)16/h1-4,6-7,12,19H,5,17H2. The largest absolute Gasteiger partial charge is 0.271 e. The lowest BCUT2D eigenvalue weighted by molar-refractivity contribution is 0.510. The molecular formula is C13H12BrClFN3. The van der Waals surface area contributed by atoms with Crippen LogP contribution in [0.3, 0.4) is 0 Å². The van der Waals surface area contributed by atoms with Crippen molar-refractivity contribution in [3.05, 3.63) is 63.1 Å². The summed E-state index contributed by atoms with van der Waals surface area (Å²) in [5, 5.41) is 0.0881. The molecule has 0 aliphatic heterocycles. The molecule has 2 aromatic rings. The highest BCUT2D eigenvalue weighted by Gasteiger charge is 2.17. The molecule has 0 saturated heterocycles. The molecule has 0 bridgehead atoms. The molecule has 3 nitrogen and oxygen atoms in total. The highest BCUT2D eigenvalue weighted by atomic mass is 79.9. The fourth-order valence-corrected chi connectivity index (χ4v) is 2.45. The Balaban J connectivity index is 2.28. The molecule has 3 N–H and O–H groups in total. The molecule has 2 rings (SSSR count). The monoisotopic (exact) mass is 343 g/mol. The maximum absolute atomic E-state index is 14.0. The van der Waals surface area contributed by atoms with Crippen molar-refractivity contribution in [1.82, 2.24) is 10.4 Å². The summed E-state index contributed by atoms with van der Waals surface area (Å²) in [5.41, 5.74) is 3.99. The first-order valence-corrected chi connectivity index (χ1v) is 6.78. The van der Waals surface area contributed by atoms with Gasteiger partial charge in [-0.1, -0.05) is 23.7 Å². The van der Waals surface area contributed by atoms with Gasteiger partial charge in [0.15, 0.2) is 0 Å². The summed E-state index contributed by atoms with van der Waals surface area (Å²) in [6.45, 7) is 0. The molecule has 0 fully saturated rings. The van der Waals surface area contributed by atoms with Gasteiger partial charge in [-0.2, -0.15) is 0 Å². The van der Waals surface area contributed by atoms with Crippen molar-refractivity contribution in [3.63, 3.8) is 0 Å². The van der Waals surface area contributed by atoms with Crippen LogP contribution in [0.4, 0.5) is 4.39 Å². The molecule has 1 unspecified atom stereocenters. The summed E-state index contributed by atoms with van der Waals surface area (Å²) in [4.78, 5) is 4.07. The quantitative estimate of drug-likeness (QED) is 0.660. The molecule has 0 radical (unpaired) electrons. The molecule has 0 amide bonds. The van der Waals surface area contributed by atoms with Crippen LogP contribution in [0.5, 0.6) is 0 Å². The highest BCUT2D eigenvalue weighted by Crippen LogP contribution is 2.25. The summed E-state index contributed by atoms with van der Waals surface area (Å²) in [6, 6.07) is 6.42. The second kappa shape index (κ2) is 6.43. The lowest BCUT2D eigenvalue weighted by atomic mass is 10.00. The van der Waals surface area contributed by atoms with Gasteiger partial charge in [-0.25, -0.2) is 4.39 Å². The van der Waals surface area contributed by atoms with E-state index in [2.05, 4.69) is 26.3 Å². The van der Waals surface area contributed by atoms with E-state index in [1.165, 1.54) is 6.07 Å². The molecule has 0 aliphatic carbocycles. The van der Waals surface area contributed by atoms with Gasteiger partial charge in [0.2, 0.25) is 0 Å². The fourth-order valence-electron chi connectivity index (χ4n) is 1.85. The molecule has 19 heavy (non-hydrogen) atoms. The predicted octanol–water partition coefficient (Wildman–Crippen LogP) is 3.38. The van der Waals surface area contributed by atoms with Crippen LogP contribution >= 0.6 is 27.5 Å². The first kappa shape index (κ1) is 14.4. The summed E-state index contributed by atoms with van der Waals surface area (Å²) in [5.74, 6) is 5.07. The number of halogens is 3. The average Bonchev–Trinajstić information content (AvgIpc) is 2.40. The number of nitrogens with zero attached hydrogens (tertiary/aromatic N) is 1. The fraction of sp³-hybridized carbons (Fsp3) is 0.154. The van der Waals surface area contributed by atoms with Crippen molar-refractivity contribution in [1.29, 1.82) is 0 Å². The zero-order valence-corrected chi connectivity index (χ0v) is 12.2. The van der Waals surface area contributed by atoms with E-state index in [4.69, 9.17) is 17.4 Å². The summed E-state index contributed by atoms with van der Waals surface area (Å²) >= 11 is 9.13. The molecule has 1 aromatic heterocycles. The van der Waals surface area contributed by atoms with Gasteiger partial charge >= 0.3 is 0 Å². The second-order valence-electron chi connectivity index (χ2n) is 4.08. The topological polar surface area (TPSA) is 50.9 Å². The van der Waals surface area contributed by atoms with Crippen molar-refractivity contribution < 1.29 is 4.39 Å². The highest BCUT2D eigenvalue weighted by molar-refractivity contribution is 9.10. The first-order chi connectivity index (χ1) is 9.11. The summed E-state index contributed by atoms with van der Waals surface area (Å²) in [7, 11) is 0. The minimum atomic E-state index is -0.449. The molecule has 0 aliphatic rings. The number of hydrogen-bond donors (Lipinski definition) is 2. The SMILES string of the molecule is NNC(Cc1cncc(Br)c1)c1cccc(Cl)c1F. The van der Waals surface area contributed by atoms with Gasteiger partial charge in [0, 0.05) is 22.4 Å². The number of pyridine rings is 1. The first-order valence-electron chi connectivity index (χ1n) is 5.61. The number of hydrogen-bond acceptors (Lipinski definition) is 3. The van der Waals surface area contributed by atoms with Crippen LogP contribution in [0.2, 0.25) is 5.02 Å². The Hall–Kier alpha value is -1.01. The second-order valence-corrected chi connectivity index (χ2v) is 5.40.